The molecule has 0 amide bonds. The molecule has 7 nitrogen and oxygen atoms in total. The molecule has 0 radical (unpaired) electrons. The molecule has 110 valence electrons. The van der Waals surface area contributed by atoms with Crippen LogP contribution < -0.4 is 4.74 Å². The van der Waals surface area contributed by atoms with Crippen LogP contribution in [-0.4, -0.2) is 36.2 Å². The summed E-state index contributed by atoms with van der Waals surface area (Å²) >= 11 is 0. The number of nitrogens with one attached hydrogen (secondary N) is 1. The molecule has 0 aliphatic rings. The average Bonchev–Trinajstić information content (AvgIpc) is 3.11. The summed E-state index contributed by atoms with van der Waals surface area (Å²) in [6.07, 6.45) is 5.44. The third-order valence-electron chi connectivity index (χ3n) is 3.49. The molecule has 0 saturated heterocycles. The second kappa shape index (κ2) is 4.80. The first-order valence-corrected chi connectivity index (χ1v) is 7.05. The zero-order chi connectivity index (χ0) is 15.1. The first kappa shape index (κ1) is 12.8. The molecule has 0 aromatic carbocycles. The summed E-state index contributed by atoms with van der Waals surface area (Å²) in [5.74, 6) is 0. The minimum atomic E-state index is 0.372. The number of hydrogen-bond acceptors (Lipinski definition) is 5. The van der Waals surface area contributed by atoms with E-state index in [1.54, 1.807) is 12.4 Å². The number of imidazole rings is 1. The Morgan fingerprint density at radius 1 is 1.23 bits per heavy atom. The van der Waals surface area contributed by atoms with Gasteiger partial charge in [-0.1, -0.05) is 0 Å². The fourth-order valence-corrected chi connectivity index (χ4v) is 2.43. The molecule has 4 rings (SSSR count). The standard InChI is InChI=1S/C15H14N6O/c1-3-22-15-18-8-11-10(7-17-14(11)19-15)12-4-5-13-16-6-9(2)21(13)20-12/h4-8H,3H2,1-2H3,(H,17,18,19). The van der Waals surface area contributed by atoms with E-state index in [4.69, 9.17) is 4.74 Å². The summed E-state index contributed by atoms with van der Waals surface area (Å²) in [6.45, 7) is 4.42. The Hall–Kier alpha value is -2.96. The number of hydrogen-bond donors (Lipinski definition) is 1. The molecule has 0 saturated carbocycles. The largest absolute Gasteiger partial charge is 0.464 e. The van der Waals surface area contributed by atoms with Gasteiger partial charge in [0.05, 0.1) is 24.2 Å². The van der Waals surface area contributed by atoms with Crippen molar-refractivity contribution >= 4 is 16.7 Å². The summed E-state index contributed by atoms with van der Waals surface area (Å²) in [5.41, 5.74) is 4.35. The number of H-pyrrole nitrogens is 1. The van der Waals surface area contributed by atoms with Crippen molar-refractivity contribution in [3.8, 4) is 17.3 Å². The number of rotatable bonds is 3. The van der Waals surface area contributed by atoms with Gasteiger partial charge in [0.15, 0.2) is 5.65 Å². The van der Waals surface area contributed by atoms with Gasteiger partial charge in [0.2, 0.25) is 0 Å². The lowest BCUT2D eigenvalue weighted by Crippen LogP contribution is -1.97. The van der Waals surface area contributed by atoms with E-state index in [0.717, 1.165) is 33.6 Å². The van der Waals surface area contributed by atoms with Crippen LogP contribution >= 0.6 is 0 Å². The smallest absolute Gasteiger partial charge is 0.318 e. The molecule has 22 heavy (non-hydrogen) atoms. The quantitative estimate of drug-likeness (QED) is 0.627. The van der Waals surface area contributed by atoms with E-state index >= 15 is 0 Å². The molecule has 0 unspecified atom stereocenters. The number of aromatic nitrogens is 6. The van der Waals surface area contributed by atoms with Gasteiger partial charge in [-0.3, -0.25) is 0 Å². The highest BCUT2D eigenvalue weighted by Crippen LogP contribution is 2.26. The average molecular weight is 294 g/mol. The second-order valence-corrected chi connectivity index (χ2v) is 4.94. The zero-order valence-corrected chi connectivity index (χ0v) is 12.2. The lowest BCUT2D eigenvalue weighted by molar-refractivity contribution is 0.314. The summed E-state index contributed by atoms with van der Waals surface area (Å²) < 4.78 is 7.14. The topological polar surface area (TPSA) is 81.0 Å². The highest BCUT2D eigenvalue weighted by molar-refractivity contribution is 5.92. The minimum Gasteiger partial charge on any atom is -0.464 e. The third kappa shape index (κ3) is 1.90. The molecule has 1 N–H and O–H groups in total. The Bertz CT molecular complexity index is 971. The van der Waals surface area contributed by atoms with Crippen molar-refractivity contribution in [2.75, 3.05) is 6.61 Å². The Labute approximate surface area is 126 Å². The Morgan fingerprint density at radius 2 is 2.14 bits per heavy atom. The molecular weight excluding hydrogens is 280 g/mol. The van der Waals surface area contributed by atoms with E-state index in [2.05, 4.69) is 25.0 Å². The summed E-state index contributed by atoms with van der Waals surface area (Å²) in [6, 6.07) is 4.27. The van der Waals surface area contributed by atoms with Gasteiger partial charge in [-0.05, 0) is 26.0 Å². The maximum atomic E-state index is 5.32. The molecule has 0 aliphatic carbocycles. The van der Waals surface area contributed by atoms with Gasteiger partial charge in [0.1, 0.15) is 5.65 Å². The number of aromatic amines is 1. The normalized spacial score (nSPS) is 11.4. The van der Waals surface area contributed by atoms with Crippen LogP contribution in [0.15, 0.2) is 30.7 Å². The van der Waals surface area contributed by atoms with Crippen molar-refractivity contribution < 1.29 is 4.74 Å². The Morgan fingerprint density at radius 3 is 3.00 bits per heavy atom. The van der Waals surface area contributed by atoms with Crippen LogP contribution in [0.4, 0.5) is 0 Å². The van der Waals surface area contributed by atoms with Gasteiger partial charge in [-0.15, -0.1) is 0 Å². The lowest BCUT2D eigenvalue weighted by Gasteiger charge is -2.02. The van der Waals surface area contributed by atoms with E-state index in [1.165, 1.54) is 0 Å². The van der Waals surface area contributed by atoms with Crippen molar-refractivity contribution in [3.05, 3.63) is 36.4 Å². The van der Waals surface area contributed by atoms with E-state index < -0.39 is 0 Å². The fraction of sp³-hybridized carbons (Fsp3) is 0.200. The van der Waals surface area contributed by atoms with Gasteiger partial charge in [0, 0.05) is 23.3 Å². The molecule has 4 aromatic heterocycles. The number of fused-ring (bicyclic) bond motifs is 2. The van der Waals surface area contributed by atoms with Gasteiger partial charge in [-0.2, -0.15) is 10.1 Å². The number of ether oxygens (including phenoxy) is 1. The van der Waals surface area contributed by atoms with Crippen molar-refractivity contribution in [1.82, 2.24) is 29.5 Å². The summed E-state index contributed by atoms with van der Waals surface area (Å²) in [7, 11) is 0. The Balaban J connectivity index is 1.86. The van der Waals surface area contributed by atoms with Crippen molar-refractivity contribution in [1.29, 1.82) is 0 Å². The molecule has 4 aromatic rings. The molecule has 0 aliphatic heterocycles. The van der Waals surface area contributed by atoms with Crippen LogP contribution in [0, 0.1) is 6.92 Å². The maximum absolute atomic E-state index is 5.32. The van der Waals surface area contributed by atoms with E-state index in [-0.39, 0.29) is 0 Å². The van der Waals surface area contributed by atoms with Crippen LogP contribution in [0.25, 0.3) is 27.9 Å². The van der Waals surface area contributed by atoms with Gasteiger partial charge < -0.3 is 9.72 Å². The second-order valence-electron chi connectivity index (χ2n) is 4.94. The molecular formula is C15H14N6O. The van der Waals surface area contributed by atoms with Crippen molar-refractivity contribution in [3.63, 3.8) is 0 Å². The minimum absolute atomic E-state index is 0.372. The predicted octanol–water partition coefficient (Wildman–Crippen LogP) is 2.37. The van der Waals surface area contributed by atoms with Crippen molar-refractivity contribution in [2.24, 2.45) is 0 Å². The lowest BCUT2D eigenvalue weighted by atomic mass is 10.2. The van der Waals surface area contributed by atoms with Crippen LogP contribution in [0.1, 0.15) is 12.6 Å². The molecule has 7 heteroatoms. The van der Waals surface area contributed by atoms with E-state index in [1.807, 2.05) is 36.7 Å². The van der Waals surface area contributed by atoms with Crippen LogP contribution in [-0.2, 0) is 0 Å². The SMILES string of the molecule is CCOc1ncc2c(-c3ccc4ncc(C)n4n3)c[nH]c2n1. The highest BCUT2D eigenvalue weighted by atomic mass is 16.5. The summed E-state index contributed by atoms with van der Waals surface area (Å²) in [4.78, 5) is 16.0. The molecule has 0 atom stereocenters. The van der Waals surface area contributed by atoms with Gasteiger partial charge >= 0.3 is 6.01 Å². The highest BCUT2D eigenvalue weighted by Gasteiger charge is 2.12. The van der Waals surface area contributed by atoms with E-state index in [0.29, 0.717) is 12.6 Å². The fourth-order valence-electron chi connectivity index (χ4n) is 2.43. The number of aryl methyl sites for hydroxylation is 1. The monoisotopic (exact) mass is 294 g/mol. The van der Waals surface area contributed by atoms with Crippen LogP contribution in [0.3, 0.4) is 0 Å². The van der Waals surface area contributed by atoms with Crippen LogP contribution in [0.5, 0.6) is 6.01 Å². The predicted molar refractivity (Wildman–Crippen MR) is 81.8 cm³/mol. The van der Waals surface area contributed by atoms with Gasteiger partial charge in [-0.25, -0.2) is 14.5 Å². The Kier molecular flexibility index (Phi) is 2.78. The van der Waals surface area contributed by atoms with E-state index in [9.17, 15) is 0 Å². The molecule has 0 bridgehead atoms. The van der Waals surface area contributed by atoms with Gasteiger partial charge in [0.25, 0.3) is 0 Å². The molecule has 0 spiro atoms. The maximum Gasteiger partial charge on any atom is 0.318 e. The number of nitrogens with zero attached hydrogens (tertiary/aromatic N) is 5. The van der Waals surface area contributed by atoms with Crippen molar-refractivity contribution in [2.45, 2.75) is 13.8 Å². The first-order valence-electron chi connectivity index (χ1n) is 7.05. The van der Waals surface area contributed by atoms with Crippen LogP contribution in [0.2, 0.25) is 0 Å². The first-order chi connectivity index (χ1) is 10.8. The molecule has 4 heterocycles. The molecule has 0 fully saturated rings. The zero-order valence-electron chi connectivity index (χ0n) is 12.2. The summed E-state index contributed by atoms with van der Waals surface area (Å²) in [5, 5.41) is 5.54. The third-order valence-corrected chi connectivity index (χ3v) is 3.49.